The maximum absolute atomic E-state index is 12.6. The summed E-state index contributed by atoms with van der Waals surface area (Å²) in [5.41, 5.74) is 3.55. The molecule has 1 aliphatic carbocycles. The lowest BCUT2D eigenvalue weighted by molar-refractivity contribution is 0.0923. The Balaban J connectivity index is 1.53. The molecule has 0 spiro atoms. The molecular formula is C25H27N3O3. The van der Waals surface area contributed by atoms with Gasteiger partial charge in [-0.25, -0.2) is 4.79 Å². The van der Waals surface area contributed by atoms with Crippen molar-refractivity contribution in [2.75, 3.05) is 0 Å². The molecule has 1 aliphatic rings. The van der Waals surface area contributed by atoms with E-state index in [1.165, 1.54) is 0 Å². The molecule has 0 bridgehead atoms. The van der Waals surface area contributed by atoms with Crippen molar-refractivity contribution in [3.8, 4) is 28.3 Å². The van der Waals surface area contributed by atoms with Gasteiger partial charge >= 0.3 is 5.69 Å². The number of aromatic amines is 1. The van der Waals surface area contributed by atoms with Crippen LogP contribution in [0.2, 0.25) is 0 Å². The van der Waals surface area contributed by atoms with Crippen molar-refractivity contribution in [3.05, 3.63) is 70.1 Å². The van der Waals surface area contributed by atoms with Crippen LogP contribution in [0.1, 0.15) is 48.5 Å². The summed E-state index contributed by atoms with van der Waals surface area (Å²) in [5.74, 6) is 0.880. The molecule has 0 atom stereocenters. The Kier molecular flexibility index (Phi) is 5.89. The molecule has 1 amide bonds. The van der Waals surface area contributed by atoms with Gasteiger partial charge in [0.1, 0.15) is 5.75 Å². The second-order valence-corrected chi connectivity index (χ2v) is 8.49. The van der Waals surface area contributed by atoms with E-state index >= 15 is 0 Å². The van der Waals surface area contributed by atoms with Crippen molar-refractivity contribution in [1.82, 2.24) is 15.3 Å². The Morgan fingerprint density at radius 3 is 2.39 bits per heavy atom. The minimum atomic E-state index is -0.452. The van der Waals surface area contributed by atoms with E-state index in [9.17, 15) is 14.7 Å². The van der Waals surface area contributed by atoms with E-state index in [1.54, 1.807) is 43.3 Å². The van der Waals surface area contributed by atoms with Crippen molar-refractivity contribution >= 4 is 5.91 Å². The summed E-state index contributed by atoms with van der Waals surface area (Å²) in [6.07, 6.45) is 4.37. The quantitative estimate of drug-likeness (QED) is 0.585. The molecule has 2 aromatic carbocycles. The first-order valence-corrected chi connectivity index (χ1v) is 10.7. The zero-order valence-electron chi connectivity index (χ0n) is 17.8. The number of hydrogen-bond donors (Lipinski definition) is 3. The number of nitrogens with one attached hydrogen (secondary N) is 2. The lowest BCUT2D eigenvalue weighted by atomic mass is 9.87. The standard InChI is InChI=1S/C25H27N3O3/c1-15-3-10-20(11-4-15)26-24(30)18-7-5-17(6-8-18)21-14-22(28-25(31)27-21)19-9-12-23(29)16(2)13-19/h5-9,12-15,20,29H,3-4,10-11H2,1-2H3,(H,26,30)(H,27,28,31). The highest BCUT2D eigenvalue weighted by Gasteiger charge is 2.20. The average Bonchev–Trinajstić information content (AvgIpc) is 2.77. The lowest BCUT2D eigenvalue weighted by Crippen LogP contribution is -2.37. The molecule has 3 aromatic rings. The van der Waals surface area contributed by atoms with Gasteiger partial charge < -0.3 is 15.4 Å². The molecule has 1 saturated carbocycles. The Morgan fingerprint density at radius 1 is 1.03 bits per heavy atom. The summed E-state index contributed by atoms with van der Waals surface area (Å²) in [4.78, 5) is 31.6. The third kappa shape index (κ3) is 4.85. The second-order valence-electron chi connectivity index (χ2n) is 8.49. The second kappa shape index (κ2) is 8.76. The largest absolute Gasteiger partial charge is 0.508 e. The van der Waals surface area contributed by atoms with E-state index in [-0.39, 0.29) is 17.7 Å². The van der Waals surface area contributed by atoms with Gasteiger partial charge in [-0.1, -0.05) is 19.1 Å². The maximum atomic E-state index is 12.6. The van der Waals surface area contributed by atoms with Crippen LogP contribution in [0.3, 0.4) is 0 Å². The number of aryl methyl sites for hydroxylation is 1. The highest BCUT2D eigenvalue weighted by Crippen LogP contribution is 2.26. The third-order valence-electron chi connectivity index (χ3n) is 6.05. The maximum Gasteiger partial charge on any atom is 0.345 e. The van der Waals surface area contributed by atoms with Crippen LogP contribution in [0.25, 0.3) is 22.5 Å². The fourth-order valence-electron chi connectivity index (χ4n) is 4.05. The third-order valence-corrected chi connectivity index (χ3v) is 6.05. The molecule has 31 heavy (non-hydrogen) atoms. The van der Waals surface area contributed by atoms with E-state index in [4.69, 9.17) is 0 Å². The topological polar surface area (TPSA) is 95.1 Å². The first kappa shape index (κ1) is 20.8. The average molecular weight is 418 g/mol. The number of carbonyl (C=O) groups excluding carboxylic acids is 1. The highest BCUT2D eigenvalue weighted by molar-refractivity contribution is 5.94. The number of nitrogens with zero attached hydrogens (tertiary/aromatic N) is 1. The molecule has 0 unspecified atom stereocenters. The van der Waals surface area contributed by atoms with Gasteiger partial charge in [0.15, 0.2) is 0 Å². The number of H-pyrrole nitrogens is 1. The van der Waals surface area contributed by atoms with Gasteiger partial charge in [0.2, 0.25) is 0 Å². The molecule has 0 radical (unpaired) electrons. The Bertz CT molecular complexity index is 1140. The number of aromatic hydroxyl groups is 1. The van der Waals surface area contributed by atoms with Crippen molar-refractivity contribution in [1.29, 1.82) is 0 Å². The van der Waals surface area contributed by atoms with E-state index in [1.807, 2.05) is 12.1 Å². The number of benzene rings is 2. The minimum Gasteiger partial charge on any atom is -0.508 e. The van der Waals surface area contributed by atoms with Gasteiger partial charge in [0.25, 0.3) is 5.91 Å². The number of hydrogen-bond acceptors (Lipinski definition) is 4. The number of amides is 1. The number of carbonyl (C=O) groups is 1. The summed E-state index contributed by atoms with van der Waals surface area (Å²) >= 11 is 0. The van der Waals surface area contributed by atoms with Crippen LogP contribution < -0.4 is 11.0 Å². The predicted molar refractivity (Wildman–Crippen MR) is 121 cm³/mol. The van der Waals surface area contributed by atoms with Crippen molar-refractivity contribution < 1.29 is 9.90 Å². The molecule has 1 fully saturated rings. The van der Waals surface area contributed by atoms with Gasteiger partial charge in [-0.2, -0.15) is 4.98 Å². The number of aromatic nitrogens is 2. The van der Waals surface area contributed by atoms with E-state index in [0.29, 0.717) is 22.5 Å². The van der Waals surface area contributed by atoms with Crippen LogP contribution in [0.4, 0.5) is 0 Å². The smallest absolute Gasteiger partial charge is 0.345 e. The summed E-state index contributed by atoms with van der Waals surface area (Å²) in [6, 6.07) is 14.4. The summed E-state index contributed by atoms with van der Waals surface area (Å²) in [7, 11) is 0. The fraction of sp³-hybridized carbons (Fsp3) is 0.320. The minimum absolute atomic E-state index is 0.0606. The molecule has 6 nitrogen and oxygen atoms in total. The fourth-order valence-corrected chi connectivity index (χ4v) is 4.05. The van der Waals surface area contributed by atoms with Crippen LogP contribution in [-0.2, 0) is 0 Å². The Morgan fingerprint density at radius 2 is 1.71 bits per heavy atom. The van der Waals surface area contributed by atoms with Gasteiger partial charge in [-0.05, 0) is 86.1 Å². The van der Waals surface area contributed by atoms with Crippen LogP contribution in [-0.4, -0.2) is 27.0 Å². The first-order valence-electron chi connectivity index (χ1n) is 10.7. The molecule has 4 rings (SSSR count). The van der Waals surface area contributed by atoms with Crippen molar-refractivity contribution in [2.45, 2.75) is 45.6 Å². The van der Waals surface area contributed by atoms with Crippen LogP contribution >= 0.6 is 0 Å². The zero-order valence-corrected chi connectivity index (χ0v) is 17.8. The Hall–Kier alpha value is -3.41. The van der Waals surface area contributed by atoms with E-state index in [0.717, 1.165) is 42.7 Å². The predicted octanol–water partition coefficient (Wildman–Crippen LogP) is 4.43. The summed E-state index contributed by atoms with van der Waals surface area (Å²) in [6.45, 7) is 4.05. The molecular weight excluding hydrogens is 390 g/mol. The highest BCUT2D eigenvalue weighted by atomic mass is 16.3. The SMILES string of the molecule is Cc1cc(-c2cc(-c3ccc(C(=O)NC4CCC(C)CC4)cc3)[nH]c(=O)n2)ccc1O. The molecule has 160 valence electrons. The monoisotopic (exact) mass is 417 g/mol. The van der Waals surface area contributed by atoms with Crippen molar-refractivity contribution in [3.63, 3.8) is 0 Å². The van der Waals surface area contributed by atoms with Gasteiger partial charge in [0, 0.05) is 17.2 Å². The van der Waals surface area contributed by atoms with Crippen LogP contribution in [0, 0.1) is 12.8 Å². The number of rotatable bonds is 4. The summed E-state index contributed by atoms with van der Waals surface area (Å²) in [5, 5.41) is 12.9. The normalized spacial score (nSPS) is 18.5. The Labute approximate surface area is 181 Å². The van der Waals surface area contributed by atoms with Crippen molar-refractivity contribution in [2.24, 2.45) is 5.92 Å². The molecule has 0 saturated heterocycles. The van der Waals surface area contributed by atoms with E-state index < -0.39 is 5.69 Å². The lowest BCUT2D eigenvalue weighted by Gasteiger charge is -2.26. The molecule has 0 aliphatic heterocycles. The van der Waals surface area contributed by atoms with Gasteiger partial charge in [0.05, 0.1) is 11.4 Å². The summed E-state index contributed by atoms with van der Waals surface area (Å²) < 4.78 is 0. The van der Waals surface area contributed by atoms with E-state index in [2.05, 4.69) is 22.2 Å². The van der Waals surface area contributed by atoms with Gasteiger partial charge in [-0.15, -0.1) is 0 Å². The molecule has 1 heterocycles. The van der Waals surface area contributed by atoms with Crippen LogP contribution in [0.15, 0.2) is 53.3 Å². The zero-order chi connectivity index (χ0) is 22.0. The first-order chi connectivity index (χ1) is 14.9. The number of phenols is 1. The number of phenolic OH excluding ortho intramolecular Hbond substituents is 1. The molecule has 3 N–H and O–H groups in total. The van der Waals surface area contributed by atoms with Crippen LogP contribution in [0.5, 0.6) is 5.75 Å². The molecule has 6 heteroatoms. The molecule has 1 aromatic heterocycles. The van der Waals surface area contributed by atoms with Gasteiger partial charge in [-0.3, -0.25) is 4.79 Å².